The van der Waals surface area contributed by atoms with E-state index < -0.39 is 10.8 Å². The van der Waals surface area contributed by atoms with Gasteiger partial charge >= 0.3 is 5.91 Å². The molecule has 0 aliphatic carbocycles. The van der Waals surface area contributed by atoms with Crippen molar-refractivity contribution in [3.8, 4) is 22.9 Å². The fourth-order valence-electron chi connectivity index (χ4n) is 4.63. The molecule has 45 heavy (non-hydrogen) atoms. The molecule has 0 aliphatic heterocycles. The summed E-state index contributed by atoms with van der Waals surface area (Å²) in [6, 6.07) is 26.6. The van der Waals surface area contributed by atoms with Crippen molar-refractivity contribution in [2.24, 2.45) is 5.10 Å². The zero-order chi connectivity index (χ0) is 31.8. The molecule has 0 bridgehead atoms. The summed E-state index contributed by atoms with van der Waals surface area (Å²) in [7, 11) is 0. The van der Waals surface area contributed by atoms with Gasteiger partial charge in [-0.25, -0.2) is 5.43 Å². The SMILES string of the molecule is CCOc1cc(/C=N/NC(=O)c2ccc(COc3ccc(-n4c(C)ccc4C)cc3)o2)ccc1OCc1cccc([N+](=O)[O-])c1. The molecule has 0 atom stereocenters. The summed E-state index contributed by atoms with van der Waals surface area (Å²) in [4.78, 5) is 23.2. The minimum absolute atomic E-state index is 0.00575. The summed E-state index contributed by atoms with van der Waals surface area (Å²) in [5, 5.41) is 15.1. The maximum absolute atomic E-state index is 12.6. The molecule has 5 aromatic rings. The van der Waals surface area contributed by atoms with Crippen molar-refractivity contribution in [3.63, 3.8) is 0 Å². The number of nitrogens with zero attached hydrogens (tertiary/aromatic N) is 3. The van der Waals surface area contributed by atoms with Crippen molar-refractivity contribution in [3.05, 3.63) is 135 Å². The maximum Gasteiger partial charge on any atom is 0.307 e. The van der Waals surface area contributed by atoms with Gasteiger partial charge in [0.05, 0.1) is 17.7 Å². The Morgan fingerprint density at radius 2 is 1.69 bits per heavy atom. The molecule has 0 unspecified atom stereocenters. The van der Waals surface area contributed by atoms with Gasteiger partial charge in [-0.05, 0) is 98.6 Å². The van der Waals surface area contributed by atoms with Crippen LogP contribution in [-0.4, -0.2) is 28.2 Å². The number of benzene rings is 3. The van der Waals surface area contributed by atoms with Crippen LogP contribution in [0.1, 0.15) is 45.8 Å². The Morgan fingerprint density at radius 1 is 0.911 bits per heavy atom. The molecule has 5 rings (SSSR count). The van der Waals surface area contributed by atoms with Crippen molar-refractivity contribution in [1.82, 2.24) is 9.99 Å². The molecule has 2 heterocycles. The summed E-state index contributed by atoms with van der Waals surface area (Å²) < 4.78 is 25.2. The lowest BCUT2D eigenvalue weighted by Gasteiger charge is -2.12. The molecular formula is C34H32N4O7. The number of hydrogen-bond donors (Lipinski definition) is 1. The average Bonchev–Trinajstić information content (AvgIpc) is 3.66. The molecular weight excluding hydrogens is 576 g/mol. The van der Waals surface area contributed by atoms with Crippen LogP contribution in [0.4, 0.5) is 5.69 Å². The molecule has 2 aromatic heterocycles. The van der Waals surface area contributed by atoms with E-state index in [4.69, 9.17) is 18.6 Å². The highest BCUT2D eigenvalue weighted by atomic mass is 16.6. The molecule has 11 nitrogen and oxygen atoms in total. The number of nitro groups is 1. The molecule has 0 fully saturated rings. The fourth-order valence-corrected chi connectivity index (χ4v) is 4.63. The van der Waals surface area contributed by atoms with Gasteiger partial charge in [0, 0.05) is 29.2 Å². The van der Waals surface area contributed by atoms with Crippen LogP contribution in [0, 0.1) is 24.0 Å². The second-order valence-electron chi connectivity index (χ2n) is 10.1. The van der Waals surface area contributed by atoms with Crippen LogP contribution in [0.25, 0.3) is 5.69 Å². The number of nitro benzene ring substituents is 1. The highest BCUT2D eigenvalue weighted by molar-refractivity contribution is 5.92. The second-order valence-corrected chi connectivity index (χ2v) is 10.1. The predicted octanol–water partition coefficient (Wildman–Crippen LogP) is 6.92. The standard InChI is InChI=1S/C34H32N4O7/c1-4-42-33-19-25(10-16-31(33)44-21-26-6-5-7-28(18-26)38(40)41)20-35-36-34(39)32-17-15-30(45-32)22-43-29-13-11-27(12-14-29)37-23(2)8-9-24(37)3/h5-20H,4,21-22H2,1-3H3,(H,36,39)/b35-20+. The van der Waals surface area contributed by atoms with Gasteiger partial charge in [-0.3, -0.25) is 14.9 Å². The number of aromatic nitrogens is 1. The number of carbonyl (C=O) groups excluding carboxylic acids is 1. The van der Waals surface area contributed by atoms with Gasteiger partial charge in [0.1, 0.15) is 24.7 Å². The Bertz CT molecular complexity index is 1800. The van der Waals surface area contributed by atoms with Gasteiger partial charge < -0.3 is 23.2 Å². The second kappa shape index (κ2) is 14.1. The Kier molecular flexibility index (Phi) is 9.58. The van der Waals surface area contributed by atoms with E-state index in [1.54, 1.807) is 42.5 Å². The Balaban J connectivity index is 1.14. The highest BCUT2D eigenvalue weighted by Gasteiger charge is 2.12. The van der Waals surface area contributed by atoms with E-state index in [2.05, 4.69) is 41.1 Å². The van der Waals surface area contributed by atoms with Gasteiger partial charge in [-0.15, -0.1) is 0 Å². The van der Waals surface area contributed by atoms with Crippen LogP contribution in [0.3, 0.4) is 0 Å². The van der Waals surface area contributed by atoms with E-state index in [0.717, 1.165) is 17.1 Å². The third kappa shape index (κ3) is 7.77. The lowest BCUT2D eigenvalue weighted by molar-refractivity contribution is -0.384. The van der Waals surface area contributed by atoms with E-state index in [1.165, 1.54) is 18.3 Å². The predicted molar refractivity (Wildman–Crippen MR) is 168 cm³/mol. The van der Waals surface area contributed by atoms with E-state index in [9.17, 15) is 14.9 Å². The van der Waals surface area contributed by atoms with Crippen molar-refractivity contribution < 1.29 is 28.3 Å². The number of rotatable bonds is 13. The molecule has 230 valence electrons. The average molecular weight is 609 g/mol. The summed E-state index contributed by atoms with van der Waals surface area (Å²) in [5.74, 6) is 1.70. The summed E-state index contributed by atoms with van der Waals surface area (Å²) in [5.41, 5.74) is 7.12. The topological polar surface area (TPSA) is 130 Å². The monoisotopic (exact) mass is 608 g/mol. The van der Waals surface area contributed by atoms with Crippen molar-refractivity contribution in [2.45, 2.75) is 34.0 Å². The van der Waals surface area contributed by atoms with Gasteiger partial charge in [-0.1, -0.05) is 12.1 Å². The number of nitrogens with one attached hydrogen (secondary N) is 1. The molecule has 0 radical (unpaired) electrons. The number of non-ortho nitro benzene ring substituents is 1. The van der Waals surface area contributed by atoms with Crippen LogP contribution < -0.4 is 19.6 Å². The quantitative estimate of drug-likeness (QED) is 0.0873. The normalized spacial score (nSPS) is 11.0. The first-order valence-electron chi connectivity index (χ1n) is 14.2. The lowest BCUT2D eigenvalue weighted by atomic mass is 10.2. The smallest absolute Gasteiger partial charge is 0.307 e. The van der Waals surface area contributed by atoms with Crippen LogP contribution in [0.5, 0.6) is 17.2 Å². The Labute approximate surface area is 259 Å². The molecule has 0 saturated carbocycles. The minimum Gasteiger partial charge on any atom is -0.490 e. The first kappa shape index (κ1) is 30.6. The number of hydrazone groups is 1. The largest absolute Gasteiger partial charge is 0.490 e. The van der Waals surface area contributed by atoms with E-state index in [-0.39, 0.29) is 24.7 Å². The first-order chi connectivity index (χ1) is 21.8. The number of hydrogen-bond acceptors (Lipinski definition) is 8. The summed E-state index contributed by atoms with van der Waals surface area (Å²) >= 11 is 0. The number of aryl methyl sites for hydroxylation is 2. The van der Waals surface area contributed by atoms with Gasteiger partial charge in [0.2, 0.25) is 0 Å². The molecule has 0 saturated heterocycles. The summed E-state index contributed by atoms with van der Waals surface area (Å²) in [6.07, 6.45) is 1.47. The van der Waals surface area contributed by atoms with Crippen LogP contribution >= 0.6 is 0 Å². The van der Waals surface area contributed by atoms with Crippen molar-refractivity contribution >= 4 is 17.8 Å². The number of furan rings is 1. The molecule has 0 aliphatic rings. The highest BCUT2D eigenvalue weighted by Crippen LogP contribution is 2.29. The molecule has 1 amide bonds. The Hall–Kier alpha value is -5.84. The number of ether oxygens (including phenoxy) is 3. The lowest BCUT2D eigenvalue weighted by Crippen LogP contribution is -2.16. The van der Waals surface area contributed by atoms with Gasteiger partial charge in [0.25, 0.3) is 5.69 Å². The van der Waals surface area contributed by atoms with Gasteiger partial charge in [-0.2, -0.15) is 5.10 Å². The van der Waals surface area contributed by atoms with E-state index in [0.29, 0.717) is 40.7 Å². The Morgan fingerprint density at radius 3 is 2.42 bits per heavy atom. The van der Waals surface area contributed by atoms with Crippen LogP contribution in [-0.2, 0) is 13.2 Å². The number of amides is 1. The zero-order valence-electron chi connectivity index (χ0n) is 25.1. The zero-order valence-corrected chi connectivity index (χ0v) is 25.1. The maximum atomic E-state index is 12.6. The van der Waals surface area contributed by atoms with Crippen LogP contribution in [0.2, 0.25) is 0 Å². The van der Waals surface area contributed by atoms with Crippen molar-refractivity contribution in [1.29, 1.82) is 0 Å². The molecule has 11 heteroatoms. The third-order valence-corrected chi connectivity index (χ3v) is 6.80. The molecule has 1 N–H and O–H groups in total. The fraction of sp³-hybridized carbons (Fsp3) is 0.176. The molecule has 3 aromatic carbocycles. The van der Waals surface area contributed by atoms with Gasteiger partial charge in [0.15, 0.2) is 17.3 Å². The van der Waals surface area contributed by atoms with Crippen molar-refractivity contribution in [2.75, 3.05) is 6.61 Å². The summed E-state index contributed by atoms with van der Waals surface area (Å²) in [6.45, 7) is 6.65. The van der Waals surface area contributed by atoms with Crippen LogP contribution in [0.15, 0.2) is 101 Å². The number of carbonyl (C=O) groups is 1. The van der Waals surface area contributed by atoms with E-state index >= 15 is 0 Å². The first-order valence-corrected chi connectivity index (χ1v) is 14.2. The third-order valence-electron chi connectivity index (χ3n) is 6.80. The van der Waals surface area contributed by atoms with E-state index in [1.807, 2.05) is 31.2 Å². The minimum atomic E-state index is -0.513. The molecule has 0 spiro atoms.